The van der Waals surface area contributed by atoms with Crippen molar-refractivity contribution < 1.29 is 8.85 Å². The van der Waals surface area contributed by atoms with Crippen molar-refractivity contribution >= 4 is 38.9 Å². The Labute approximate surface area is 319 Å². The van der Waals surface area contributed by atoms with Gasteiger partial charge in [0.1, 0.15) is 17.3 Å². The first kappa shape index (κ1) is 28.2. The van der Waals surface area contributed by atoms with E-state index in [0.717, 1.165) is 50.2 Å². The van der Waals surface area contributed by atoms with E-state index in [9.17, 15) is 0 Å². The molecular weight excluding hydrogens is 661 g/mol. The minimum absolute atomic E-state index is 0.0258. The molecule has 0 fully saturated rings. The first-order valence-electron chi connectivity index (χ1n) is 20.2. The van der Waals surface area contributed by atoms with E-state index in [-0.39, 0.29) is 23.9 Å². The van der Waals surface area contributed by atoms with Crippen molar-refractivity contribution in [3.05, 3.63) is 185 Å². The van der Waals surface area contributed by atoms with E-state index < -0.39 is 6.98 Å². The fourth-order valence-electron chi connectivity index (χ4n) is 9.35. The summed E-state index contributed by atoms with van der Waals surface area (Å²) in [6, 6.07) is 48.6. The second-order valence-electron chi connectivity index (χ2n) is 15.8. The van der Waals surface area contributed by atoms with Crippen molar-refractivity contribution in [2.24, 2.45) is 0 Å². The second-order valence-corrected chi connectivity index (χ2v) is 15.8. The summed E-state index contributed by atoms with van der Waals surface area (Å²) >= 11 is 0. The van der Waals surface area contributed by atoms with E-state index in [1.54, 1.807) is 4.90 Å². The van der Waals surface area contributed by atoms with Gasteiger partial charge in [-0.25, -0.2) is 4.98 Å². The van der Waals surface area contributed by atoms with E-state index in [2.05, 4.69) is 139 Å². The lowest BCUT2D eigenvalue weighted by atomic mass is 9.60. The van der Waals surface area contributed by atoms with E-state index in [4.69, 9.17) is 13.8 Å². The number of para-hydroxylation sites is 1. The van der Waals surface area contributed by atoms with Crippen LogP contribution in [0, 0.1) is 0 Å². The lowest BCUT2D eigenvalue weighted by Gasteiger charge is -2.43. The van der Waals surface area contributed by atoms with Crippen LogP contribution in [-0.2, 0) is 5.41 Å². The smallest absolute Gasteiger partial charge is 0.137 e. The van der Waals surface area contributed by atoms with Crippen molar-refractivity contribution in [1.82, 2.24) is 9.55 Å². The van der Waals surface area contributed by atoms with Crippen LogP contribution >= 0.6 is 0 Å². The zero-order valence-corrected chi connectivity index (χ0v) is 30.4. The second kappa shape index (κ2) is 11.3. The van der Waals surface area contributed by atoms with Crippen molar-refractivity contribution in [1.29, 1.82) is 0 Å². The van der Waals surface area contributed by atoms with Gasteiger partial charge in [0.25, 0.3) is 0 Å². The Bertz CT molecular complexity index is 2890. The van der Waals surface area contributed by atoms with Gasteiger partial charge in [0, 0.05) is 57.7 Å². The molecule has 54 heavy (non-hydrogen) atoms. The number of pyridine rings is 1. The van der Waals surface area contributed by atoms with Crippen LogP contribution in [0.4, 0.5) is 17.1 Å². The molecule has 0 saturated heterocycles. The Morgan fingerprint density at radius 1 is 0.648 bits per heavy atom. The molecule has 8 aromatic rings. The predicted molar refractivity (Wildman–Crippen MR) is 220 cm³/mol. The zero-order valence-electron chi connectivity index (χ0n) is 33.4. The lowest BCUT2D eigenvalue weighted by molar-refractivity contribution is 0.483. The molecule has 0 N–H and O–H groups in total. The molecule has 0 spiro atoms. The van der Waals surface area contributed by atoms with Crippen molar-refractivity contribution in [3.63, 3.8) is 0 Å². The predicted octanol–water partition coefficient (Wildman–Crippen LogP) is 11.8. The van der Waals surface area contributed by atoms with E-state index in [1.807, 2.05) is 36.5 Å². The van der Waals surface area contributed by atoms with Crippen LogP contribution in [-0.4, -0.2) is 23.2 Å². The molecule has 5 heteroatoms. The van der Waals surface area contributed by atoms with Crippen molar-refractivity contribution in [2.75, 3.05) is 23.4 Å². The largest absolute Gasteiger partial charge is 0.457 e. The summed E-state index contributed by atoms with van der Waals surface area (Å²) in [7, 11) is 0. The Kier molecular flexibility index (Phi) is 5.92. The molecule has 262 valence electrons. The van der Waals surface area contributed by atoms with Gasteiger partial charge >= 0.3 is 0 Å². The third kappa shape index (κ3) is 4.48. The minimum Gasteiger partial charge on any atom is -0.457 e. The van der Waals surface area contributed by atoms with Crippen LogP contribution in [0.5, 0.6) is 11.5 Å². The maximum absolute atomic E-state index is 8.77. The summed E-state index contributed by atoms with van der Waals surface area (Å²) in [4.78, 5) is 8.58. The third-order valence-electron chi connectivity index (χ3n) is 11.8. The monoisotopic (exact) mass is 703 g/mol. The van der Waals surface area contributed by atoms with E-state index in [1.165, 1.54) is 33.4 Å². The number of hydrogen-bond donors (Lipinski definition) is 0. The Hall–Kier alpha value is -6.33. The van der Waals surface area contributed by atoms with Gasteiger partial charge in [-0.05, 0) is 92.9 Å². The molecule has 0 unspecified atom stereocenters. The van der Waals surface area contributed by atoms with Gasteiger partial charge in [0.2, 0.25) is 0 Å². The molecule has 0 amide bonds. The zero-order chi connectivity index (χ0) is 38.8. The van der Waals surface area contributed by atoms with Gasteiger partial charge in [0.05, 0.1) is 29.1 Å². The molecule has 0 radical (unpaired) electrons. The third-order valence-corrected chi connectivity index (χ3v) is 11.8. The highest BCUT2D eigenvalue weighted by Gasteiger charge is 2.44. The quantitative estimate of drug-likeness (QED) is 0.183. The first-order chi connectivity index (χ1) is 27.5. The summed E-state index contributed by atoms with van der Waals surface area (Å²) in [5, 5.41) is 2.27. The van der Waals surface area contributed by atoms with Crippen LogP contribution in [0.1, 0.15) is 75.7 Å². The van der Waals surface area contributed by atoms with Crippen LogP contribution in [0.2, 0.25) is 0 Å². The minimum atomic E-state index is -2.35. The number of aromatic nitrogens is 2. The number of nitrogens with zero attached hydrogens (tertiary/aromatic N) is 4. The molecule has 0 atom stereocenters. The van der Waals surface area contributed by atoms with Gasteiger partial charge < -0.3 is 14.5 Å². The number of hydrogen-bond acceptors (Lipinski definition) is 4. The van der Waals surface area contributed by atoms with E-state index >= 15 is 0 Å². The normalized spacial score (nSPS) is 17.8. The van der Waals surface area contributed by atoms with Crippen LogP contribution in [0.3, 0.4) is 0 Å². The number of fused-ring (bicyclic) bond motifs is 4. The summed E-state index contributed by atoms with van der Waals surface area (Å²) in [6.45, 7) is 4.50. The molecule has 5 nitrogen and oxygen atoms in total. The summed E-state index contributed by atoms with van der Waals surface area (Å²) in [5.41, 5.74) is 13.2. The lowest BCUT2D eigenvalue weighted by Crippen LogP contribution is -2.29. The highest BCUT2D eigenvalue weighted by molar-refractivity contribution is 6.09. The Balaban J connectivity index is 0.996. The highest BCUT2D eigenvalue weighted by atomic mass is 16.5. The average molecular weight is 704 g/mol. The number of rotatable bonds is 4. The SMILES string of the molecule is [2H]C([2H])([2H])N1CN(c2cccc(Oc3ccc4c5ccccc5n(-c5cc(C(C)(C)C)ccn5)c4c3)c2)c2ccc3c(c21)C1c2ccccc2C3c2ccccc21. The number of benzene rings is 6. The van der Waals surface area contributed by atoms with Gasteiger partial charge in [-0.1, -0.05) is 99.6 Å². The topological polar surface area (TPSA) is 33.5 Å². The number of ether oxygens (including phenoxy) is 1. The fourth-order valence-corrected chi connectivity index (χ4v) is 9.35. The number of anilines is 3. The van der Waals surface area contributed by atoms with Gasteiger partial charge in [-0.3, -0.25) is 4.57 Å². The van der Waals surface area contributed by atoms with Gasteiger partial charge in [-0.2, -0.15) is 0 Å². The molecule has 12 rings (SSSR count). The Morgan fingerprint density at radius 2 is 1.35 bits per heavy atom. The molecule has 3 heterocycles. The Morgan fingerprint density at radius 3 is 2.11 bits per heavy atom. The molecule has 2 bridgehead atoms. The van der Waals surface area contributed by atoms with Crippen LogP contribution < -0.4 is 14.5 Å². The standard InChI is InChI=1S/C49H40N4O/c1-49(2,3)30-24-25-50-44(26-30)53-41-19-10-9-14-34(41)35-21-20-33(28-43(35)53)54-32-13-11-12-31(27-32)52-29-51(4)48-42(52)23-22-40-45-36-15-5-7-17-38(36)46(47(40)48)39-18-8-6-16-37(39)45/h5-28,45-46H,29H2,1-4H3/i4D3. The van der Waals surface area contributed by atoms with Crippen molar-refractivity contribution in [3.8, 4) is 17.3 Å². The average Bonchev–Trinajstić information content (AvgIpc) is 3.77. The molecule has 0 saturated carbocycles. The summed E-state index contributed by atoms with van der Waals surface area (Å²) < 4.78 is 35.2. The fraction of sp³-hybridized carbons (Fsp3) is 0.163. The van der Waals surface area contributed by atoms with Crippen LogP contribution in [0.15, 0.2) is 146 Å². The van der Waals surface area contributed by atoms with E-state index in [0.29, 0.717) is 11.5 Å². The molecular formula is C49H40N4O. The maximum Gasteiger partial charge on any atom is 0.137 e. The molecule has 2 aromatic heterocycles. The summed E-state index contributed by atoms with van der Waals surface area (Å²) in [5.74, 6) is 2.23. The van der Waals surface area contributed by atoms with Crippen LogP contribution in [0.25, 0.3) is 27.6 Å². The first-order valence-corrected chi connectivity index (χ1v) is 18.7. The molecule has 4 aliphatic rings. The summed E-state index contributed by atoms with van der Waals surface area (Å²) in [6.07, 6.45) is 1.89. The maximum atomic E-state index is 8.77. The molecule has 6 aromatic carbocycles. The molecule has 3 aliphatic carbocycles. The van der Waals surface area contributed by atoms with Gasteiger partial charge in [-0.15, -0.1) is 0 Å². The van der Waals surface area contributed by atoms with Crippen molar-refractivity contribution in [2.45, 2.75) is 38.0 Å². The molecule has 1 aliphatic heterocycles. The highest BCUT2D eigenvalue weighted by Crippen LogP contribution is 2.60. The van der Waals surface area contributed by atoms with Gasteiger partial charge in [0.15, 0.2) is 0 Å².